The topological polar surface area (TPSA) is 61.7 Å². The Kier molecular flexibility index (Phi) is 2.78. The van der Waals surface area contributed by atoms with Crippen molar-refractivity contribution in [3.05, 3.63) is 29.8 Å². The lowest BCUT2D eigenvalue weighted by molar-refractivity contribution is 0.0954. The lowest BCUT2D eigenvalue weighted by atomic mass is 9.99. The van der Waals surface area contributed by atoms with Crippen molar-refractivity contribution in [3.63, 3.8) is 0 Å². The molecule has 2 saturated carbocycles. The van der Waals surface area contributed by atoms with Gasteiger partial charge in [0.2, 0.25) is 0 Å². The second-order valence-electron chi connectivity index (χ2n) is 5.17. The molecule has 94 valence electrons. The van der Waals surface area contributed by atoms with Crippen LogP contribution in [0.3, 0.4) is 0 Å². The molecule has 2 aliphatic rings. The van der Waals surface area contributed by atoms with Crippen LogP contribution < -0.4 is 5.43 Å². The lowest BCUT2D eigenvalue weighted by Crippen LogP contribution is -2.21. The fraction of sp³-hybridized carbons (Fsp3) is 0.429. The predicted octanol–water partition coefficient (Wildman–Crippen LogP) is 2.30. The van der Waals surface area contributed by atoms with Crippen LogP contribution in [0.4, 0.5) is 0 Å². The van der Waals surface area contributed by atoms with E-state index in [2.05, 4.69) is 10.5 Å². The predicted molar refractivity (Wildman–Crippen MR) is 68.5 cm³/mol. The first-order chi connectivity index (χ1) is 8.72. The molecule has 4 nitrogen and oxygen atoms in total. The van der Waals surface area contributed by atoms with Gasteiger partial charge in [-0.15, -0.1) is 0 Å². The average Bonchev–Trinajstić information content (AvgIpc) is 2.99. The number of hydrogen-bond acceptors (Lipinski definition) is 3. The first-order valence-corrected chi connectivity index (χ1v) is 6.38. The zero-order valence-electron chi connectivity index (χ0n) is 10.1. The molecule has 1 aromatic rings. The number of aromatic hydroxyl groups is 1. The van der Waals surface area contributed by atoms with Gasteiger partial charge in [-0.3, -0.25) is 4.79 Å². The summed E-state index contributed by atoms with van der Waals surface area (Å²) in [7, 11) is 0. The van der Waals surface area contributed by atoms with Gasteiger partial charge in [0.25, 0.3) is 5.91 Å². The second-order valence-corrected chi connectivity index (χ2v) is 5.17. The maximum atomic E-state index is 11.8. The molecule has 2 fully saturated rings. The van der Waals surface area contributed by atoms with E-state index in [-0.39, 0.29) is 11.7 Å². The summed E-state index contributed by atoms with van der Waals surface area (Å²) in [5.74, 6) is 1.32. The summed E-state index contributed by atoms with van der Waals surface area (Å²) in [6.07, 6.45) is 4.82. The molecule has 0 heterocycles. The Morgan fingerprint density at radius 2 is 2.06 bits per heavy atom. The minimum Gasteiger partial charge on any atom is -0.508 e. The molecular weight excluding hydrogens is 228 g/mol. The summed E-state index contributed by atoms with van der Waals surface area (Å²) < 4.78 is 0. The van der Waals surface area contributed by atoms with Gasteiger partial charge < -0.3 is 5.11 Å². The standard InChI is InChI=1S/C14H16N2O2/c17-12-5-3-10(4-6-12)14(18)16-15-13-8-9-1-2-11(13)7-9/h3-6,9,11,17H,1-2,7-8H2,(H,16,18)/b15-13-/t9-,11-/m0/s1. The van der Waals surface area contributed by atoms with Gasteiger partial charge in [0.15, 0.2) is 0 Å². The van der Waals surface area contributed by atoms with E-state index < -0.39 is 0 Å². The zero-order valence-corrected chi connectivity index (χ0v) is 10.1. The summed E-state index contributed by atoms with van der Waals surface area (Å²) in [6.45, 7) is 0. The van der Waals surface area contributed by atoms with Gasteiger partial charge in [0.1, 0.15) is 5.75 Å². The number of nitrogens with one attached hydrogen (secondary N) is 1. The smallest absolute Gasteiger partial charge is 0.271 e. The van der Waals surface area contributed by atoms with E-state index >= 15 is 0 Å². The van der Waals surface area contributed by atoms with Crippen LogP contribution in [-0.4, -0.2) is 16.7 Å². The molecule has 1 amide bonds. The number of phenols is 1. The molecule has 0 radical (unpaired) electrons. The number of hydrogen-bond donors (Lipinski definition) is 2. The highest BCUT2D eigenvalue weighted by Gasteiger charge is 2.36. The van der Waals surface area contributed by atoms with Crippen molar-refractivity contribution in [1.29, 1.82) is 0 Å². The number of carbonyl (C=O) groups is 1. The van der Waals surface area contributed by atoms with E-state index in [0.29, 0.717) is 11.5 Å². The van der Waals surface area contributed by atoms with Crippen LogP contribution in [0.2, 0.25) is 0 Å². The Morgan fingerprint density at radius 3 is 2.67 bits per heavy atom. The molecule has 0 spiro atoms. The lowest BCUT2D eigenvalue weighted by Gasteiger charge is -2.11. The van der Waals surface area contributed by atoms with Gasteiger partial charge in [-0.2, -0.15) is 5.10 Å². The Hall–Kier alpha value is -1.84. The molecule has 0 saturated heterocycles. The van der Waals surface area contributed by atoms with Crippen LogP contribution in [0, 0.1) is 11.8 Å². The van der Waals surface area contributed by atoms with E-state index in [0.717, 1.165) is 18.1 Å². The van der Waals surface area contributed by atoms with Gasteiger partial charge in [0, 0.05) is 11.3 Å². The molecule has 2 aliphatic carbocycles. The number of nitrogens with zero attached hydrogens (tertiary/aromatic N) is 1. The maximum Gasteiger partial charge on any atom is 0.271 e. The van der Waals surface area contributed by atoms with Crippen molar-refractivity contribution < 1.29 is 9.90 Å². The molecule has 2 N–H and O–H groups in total. The average molecular weight is 244 g/mol. The Morgan fingerprint density at radius 1 is 1.28 bits per heavy atom. The summed E-state index contributed by atoms with van der Waals surface area (Å²) in [4.78, 5) is 11.8. The van der Waals surface area contributed by atoms with Crippen molar-refractivity contribution in [2.45, 2.75) is 25.7 Å². The molecule has 18 heavy (non-hydrogen) atoms. The summed E-state index contributed by atoms with van der Waals surface area (Å²) in [6, 6.07) is 6.18. The van der Waals surface area contributed by atoms with Gasteiger partial charge in [0.05, 0.1) is 0 Å². The number of phenolic OH excluding ortho intramolecular Hbond substituents is 1. The fourth-order valence-corrected chi connectivity index (χ4v) is 2.96. The Bertz CT molecular complexity index is 493. The molecule has 0 aromatic heterocycles. The highest BCUT2D eigenvalue weighted by atomic mass is 16.3. The minimum atomic E-state index is -0.217. The van der Waals surface area contributed by atoms with E-state index in [4.69, 9.17) is 5.11 Å². The molecule has 0 unspecified atom stereocenters. The van der Waals surface area contributed by atoms with Crippen LogP contribution in [0.25, 0.3) is 0 Å². The van der Waals surface area contributed by atoms with Crippen molar-refractivity contribution in [3.8, 4) is 5.75 Å². The largest absolute Gasteiger partial charge is 0.508 e. The molecule has 4 heteroatoms. The van der Waals surface area contributed by atoms with Gasteiger partial charge >= 0.3 is 0 Å². The molecule has 1 aromatic carbocycles. The monoisotopic (exact) mass is 244 g/mol. The van der Waals surface area contributed by atoms with Gasteiger partial charge in [-0.25, -0.2) is 5.43 Å². The second kappa shape index (κ2) is 4.44. The normalized spacial score (nSPS) is 27.7. The molecular formula is C14H16N2O2. The molecule has 2 atom stereocenters. The Balaban J connectivity index is 1.65. The first kappa shape index (κ1) is 11.3. The van der Waals surface area contributed by atoms with E-state index in [1.54, 1.807) is 12.1 Å². The third kappa shape index (κ3) is 2.10. The van der Waals surface area contributed by atoms with Crippen LogP contribution in [-0.2, 0) is 0 Å². The van der Waals surface area contributed by atoms with Crippen molar-refractivity contribution in [2.24, 2.45) is 16.9 Å². The van der Waals surface area contributed by atoms with Crippen molar-refractivity contribution in [2.75, 3.05) is 0 Å². The van der Waals surface area contributed by atoms with Gasteiger partial charge in [-0.1, -0.05) is 0 Å². The molecule has 3 rings (SSSR count). The van der Waals surface area contributed by atoms with Crippen LogP contribution in [0.1, 0.15) is 36.0 Å². The van der Waals surface area contributed by atoms with Crippen LogP contribution in [0.5, 0.6) is 5.75 Å². The van der Waals surface area contributed by atoms with E-state index in [9.17, 15) is 4.79 Å². The number of benzene rings is 1. The fourth-order valence-electron chi connectivity index (χ4n) is 2.96. The maximum absolute atomic E-state index is 11.8. The van der Waals surface area contributed by atoms with Crippen molar-refractivity contribution >= 4 is 11.6 Å². The Labute approximate surface area is 106 Å². The highest BCUT2D eigenvalue weighted by Crippen LogP contribution is 2.42. The highest BCUT2D eigenvalue weighted by molar-refractivity contribution is 5.96. The van der Waals surface area contributed by atoms with E-state index in [1.165, 1.54) is 31.4 Å². The first-order valence-electron chi connectivity index (χ1n) is 6.38. The zero-order chi connectivity index (χ0) is 12.5. The summed E-state index contributed by atoms with van der Waals surface area (Å²) in [5, 5.41) is 13.4. The van der Waals surface area contributed by atoms with E-state index in [1.807, 2.05) is 0 Å². The number of carbonyl (C=O) groups excluding carboxylic acids is 1. The summed E-state index contributed by atoms with van der Waals surface area (Å²) in [5.41, 5.74) is 4.28. The SMILES string of the molecule is O=C(N/N=C1/C[C@H]2CC[C@H]1C2)c1ccc(O)cc1. The minimum absolute atomic E-state index is 0.158. The third-order valence-corrected chi connectivity index (χ3v) is 3.94. The molecule has 2 bridgehead atoms. The number of fused-ring (bicyclic) bond motifs is 2. The number of rotatable bonds is 2. The summed E-state index contributed by atoms with van der Waals surface area (Å²) >= 11 is 0. The van der Waals surface area contributed by atoms with Gasteiger partial charge in [-0.05, 0) is 61.8 Å². The van der Waals surface area contributed by atoms with Crippen molar-refractivity contribution in [1.82, 2.24) is 5.43 Å². The van der Waals surface area contributed by atoms with Crippen LogP contribution in [0.15, 0.2) is 29.4 Å². The van der Waals surface area contributed by atoms with Crippen LogP contribution >= 0.6 is 0 Å². The number of hydrazone groups is 1. The molecule has 0 aliphatic heterocycles. The third-order valence-electron chi connectivity index (χ3n) is 3.94. The quantitative estimate of drug-likeness (QED) is 0.784. The number of amides is 1.